The SMILES string of the molecule is NCCCC[C@H](NC(=O)[C@H](Cc1cnc[nH]1)NC(=O)[C@H](Cc1cnc[nH]1)NC(=O)[C@H](Cc1cnc[nH]1)NC(=O)[C@H](Cc1cnc[nH]1)NC(=O)[C@H](CCCCN)NC(=O)[C@H](Cc1cnc[nH]1)NC(=O)[C@H](Cc1cnc[nH]1)NC(=O)[C@H](Cc1cnc[nH]1)NC(=O)[C@H](Cc1cnc[nH]1)NC(=O)[C@@H](N)CCCCN)C(=O)O. The van der Waals surface area contributed by atoms with Crippen molar-refractivity contribution in [2.45, 2.75) is 176 Å². The predicted octanol–water partition coefficient (Wildman–Crippen LogP) is -5.64. The molecule has 0 aromatic carbocycles. The Kier molecular flexibility index (Phi) is 32.1. The standard InChI is InChI=1S/C66H94N30O12/c67-10-4-1-7-45(70)56(97)89-48(13-37-21-71-29-79-37)60(101)93-52(17-41-25-75-33-83-41)64(105)95-53(18-42-26-76-34-84-42)62(103)91-49(14-38-22-72-30-80-38)58(99)87-46(8-2-5-11-68)57(98)90-51(16-40-24-74-32-82-40)61(102)94-55(20-44-28-78-36-86-44)65(106)96-54(19-43-27-77-35-85-43)63(104)92-50(15-39-23-73-31-81-39)59(100)88-47(66(107)108)9-3-6-12-69/h21-36,45-55H,1-20,67-70H2,(H,71,79)(H,72,80)(H,73,81)(H,74,82)(H,75,83)(H,76,84)(H,77,85)(H,78,86)(H,87,99)(H,88,100)(H,89,97)(H,90,98)(H,91,103)(H,92,104)(H,93,101)(H,94,102)(H,95,105)(H,96,106)(H,107,108)/t45-,46-,47-,48-,49-,50-,51-,52-,53-,54-,55-/m0/s1. The second-order valence-electron chi connectivity index (χ2n) is 25.7. The van der Waals surface area contributed by atoms with Crippen molar-refractivity contribution in [1.82, 2.24) is 133 Å². The molecule has 580 valence electrons. The molecule has 0 aliphatic heterocycles. The number of nitrogens with two attached hydrogens (primary N) is 4. The minimum absolute atomic E-state index is 0.0402. The quantitative estimate of drug-likeness (QED) is 0.0158. The Morgan fingerprint density at radius 2 is 0.444 bits per heavy atom. The molecule has 0 radical (unpaired) electrons. The first kappa shape index (κ1) is 81.4. The average Bonchev–Trinajstić information content (AvgIpc) is 1.61. The molecule has 108 heavy (non-hydrogen) atoms. The zero-order chi connectivity index (χ0) is 77.2. The van der Waals surface area contributed by atoms with Crippen molar-refractivity contribution in [3.63, 3.8) is 0 Å². The molecule has 0 bridgehead atoms. The lowest BCUT2D eigenvalue weighted by Crippen LogP contribution is -2.62. The van der Waals surface area contributed by atoms with E-state index in [1.54, 1.807) is 0 Å². The number of aliphatic carboxylic acids is 1. The number of carbonyl (C=O) groups is 11. The van der Waals surface area contributed by atoms with Crippen molar-refractivity contribution in [2.75, 3.05) is 19.6 Å². The van der Waals surface area contributed by atoms with Crippen LogP contribution in [0, 0.1) is 0 Å². The predicted molar refractivity (Wildman–Crippen MR) is 382 cm³/mol. The highest BCUT2D eigenvalue weighted by atomic mass is 16.4. The zero-order valence-electron chi connectivity index (χ0n) is 59.1. The zero-order valence-corrected chi connectivity index (χ0v) is 59.1. The molecule has 10 amide bonds. The molecule has 0 aliphatic carbocycles. The molecule has 8 heterocycles. The number of H-pyrrole nitrogens is 8. The third-order valence-electron chi connectivity index (χ3n) is 17.3. The van der Waals surface area contributed by atoms with Crippen molar-refractivity contribution in [3.05, 3.63) is 146 Å². The number of carboxylic acids is 1. The molecule has 42 nitrogen and oxygen atoms in total. The Morgan fingerprint density at radius 1 is 0.269 bits per heavy atom. The number of nitrogens with one attached hydrogen (secondary N) is 18. The van der Waals surface area contributed by atoms with E-state index < -0.39 is 132 Å². The average molecular weight is 1500 g/mol. The van der Waals surface area contributed by atoms with Crippen molar-refractivity contribution in [1.29, 1.82) is 0 Å². The van der Waals surface area contributed by atoms with Crippen LogP contribution in [0.25, 0.3) is 0 Å². The van der Waals surface area contributed by atoms with Crippen LogP contribution in [0.1, 0.15) is 103 Å². The van der Waals surface area contributed by atoms with Gasteiger partial charge in [0.25, 0.3) is 0 Å². The van der Waals surface area contributed by atoms with Crippen molar-refractivity contribution >= 4 is 65.0 Å². The van der Waals surface area contributed by atoms with E-state index >= 15 is 14.4 Å². The van der Waals surface area contributed by atoms with E-state index in [1.165, 1.54) is 100 Å². The van der Waals surface area contributed by atoms with Crippen LogP contribution in [0.3, 0.4) is 0 Å². The number of hydrogen-bond acceptors (Lipinski definition) is 23. The third-order valence-corrected chi connectivity index (χ3v) is 17.3. The van der Waals surface area contributed by atoms with Gasteiger partial charge in [0.05, 0.1) is 56.7 Å². The first-order valence-corrected chi connectivity index (χ1v) is 35.2. The van der Waals surface area contributed by atoms with Gasteiger partial charge in [-0.2, -0.15) is 0 Å². The second-order valence-corrected chi connectivity index (χ2v) is 25.7. The van der Waals surface area contributed by atoms with Gasteiger partial charge in [0.2, 0.25) is 59.1 Å². The lowest BCUT2D eigenvalue weighted by Gasteiger charge is -2.28. The third kappa shape index (κ3) is 26.4. The number of nitrogens with zero attached hydrogens (tertiary/aromatic N) is 8. The fourth-order valence-electron chi connectivity index (χ4n) is 11.5. The van der Waals surface area contributed by atoms with E-state index in [-0.39, 0.29) is 83.6 Å². The summed E-state index contributed by atoms with van der Waals surface area (Å²) in [4.78, 5) is 214. The van der Waals surface area contributed by atoms with Crippen LogP contribution in [0.4, 0.5) is 0 Å². The molecular weight excluding hydrogens is 1400 g/mol. The summed E-state index contributed by atoms with van der Waals surface area (Å²) in [6, 6.07) is -15.6. The molecule has 0 saturated heterocycles. The number of amides is 10. The van der Waals surface area contributed by atoms with Gasteiger partial charge in [-0.25, -0.2) is 44.7 Å². The summed E-state index contributed by atoms with van der Waals surface area (Å²) in [5.74, 6) is -9.99. The van der Waals surface area contributed by atoms with Gasteiger partial charge in [-0.15, -0.1) is 0 Å². The van der Waals surface area contributed by atoms with Gasteiger partial charge in [-0.1, -0.05) is 6.42 Å². The van der Waals surface area contributed by atoms with Gasteiger partial charge in [0.15, 0.2) is 0 Å². The van der Waals surface area contributed by atoms with Gasteiger partial charge in [0, 0.05) is 146 Å². The Bertz CT molecular complexity index is 4020. The first-order chi connectivity index (χ1) is 52.2. The monoisotopic (exact) mass is 1500 g/mol. The van der Waals surface area contributed by atoms with Crippen LogP contribution in [-0.2, 0) is 104 Å². The molecular formula is C66H94N30O12. The normalized spacial score (nSPS) is 14.3. The molecule has 0 spiro atoms. The van der Waals surface area contributed by atoms with E-state index in [0.29, 0.717) is 90.7 Å². The Balaban J connectivity index is 1.02. The van der Waals surface area contributed by atoms with Gasteiger partial charge in [0.1, 0.15) is 60.4 Å². The van der Waals surface area contributed by atoms with Crippen LogP contribution < -0.4 is 76.1 Å². The van der Waals surface area contributed by atoms with Gasteiger partial charge < -0.3 is 121 Å². The minimum atomic E-state index is -1.55. The van der Waals surface area contributed by atoms with E-state index in [9.17, 15) is 43.5 Å². The molecule has 8 rings (SSSR count). The van der Waals surface area contributed by atoms with E-state index in [2.05, 4.69) is 133 Å². The van der Waals surface area contributed by atoms with E-state index in [1.807, 2.05) is 0 Å². The summed E-state index contributed by atoms with van der Waals surface area (Å²) in [7, 11) is 0. The summed E-state index contributed by atoms with van der Waals surface area (Å²) < 4.78 is 0. The Hall–Kier alpha value is -12.3. The van der Waals surface area contributed by atoms with E-state index in [0.717, 1.165) is 0 Å². The first-order valence-electron chi connectivity index (χ1n) is 35.2. The maximum absolute atomic E-state index is 15.0. The lowest BCUT2D eigenvalue weighted by atomic mass is 10.0. The maximum Gasteiger partial charge on any atom is 0.326 e. The van der Waals surface area contributed by atoms with Crippen LogP contribution in [0.5, 0.6) is 0 Å². The fraction of sp³-hybridized carbons (Fsp3) is 0.470. The summed E-state index contributed by atoms with van der Waals surface area (Å²) in [5.41, 5.74) is 26.5. The smallest absolute Gasteiger partial charge is 0.326 e. The summed E-state index contributed by atoms with van der Waals surface area (Å²) in [6.07, 6.45) is 23.2. The molecule has 0 saturated carbocycles. The highest BCUT2D eigenvalue weighted by Gasteiger charge is 2.38. The Morgan fingerprint density at radius 3 is 0.639 bits per heavy atom. The molecule has 8 aromatic heterocycles. The second kappa shape index (κ2) is 42.6. The topological polar surface area (TPSA) is 662 Å². The molecule has 42 heteroatoms. The molecule has 27 N–H and O–H groups in total. The summed E-state index contributed by atoms with van der Waals surface area (Å²) >= 11 is 0. The molecule has 11 atom stereocenters. The molecule has 0 unspecified atom stereocenters. The highest BCUT2D eigenvalue weighted by Crippen LogP contribution is 2.14. The molecule has 0 fully saturated rings. The highest BCUT2D eigenvalue weighted by molar-refractivity contribution is 5.99. The number of carbonyl (C=O) groups excluding carboxylic acids is 10. The van der Waals surface area contributed by atoms with Crippen LogP contribution >= 0.6 is 0 Å². The number of rotatable bonds is 49. The van der Waals surface area contributed by atoms with Crippen molar-refractivity contribution < 1.29 is 57.8 Å². The van der Waals surface area contributed by atoms with Crippen LogP contribution in [0.2, 0.25) is 0 Å². The van der Waals surface area contributed by atoms with Crippen LogP contribution in [-0.4, -0.2) is 236 Å². The summed E-state index contributed by atoms with van der Waals surface area (Å²) in [6.45, 7) is 0.866. The fourth-order valence-corrected chi connectivity index (χ4v) is 11.5. The van der Waals surface area contributed by atoms with Gasteiger partial charge in [-0.05, 0) is 71.0 Å². The minimum Gasteiger partial charge on any atom is -0.480 e. The van der Waals surface area contributed by atoms with Crippen molar-refractivity contribution in [3.8, 4) is 0 Å². The number of aromatic amines is 8. The molecule has 8 aromatic rings. The molecule has 0 aliphatic rings. The number of unbranched alkanes of at least 4 members (excludes halogenated alkanes) is 3. The van der Waals surface area contributed by atoms with Crippen molar-refractivity contribution in [2.24, 2.45) is 22.9 Å². The maximum atomic E-state index is 15.0. The number of imidazole rings is 8. The number of carboxylic acid groups (broad SMARTS) is 1. The van der Waals surface area contributed by atoms with Gasteiger partial charge in [-0.3, -0.25) is 47.9 Å². The Labute approximate surface area is 617 Å². The number of hydrogen-bond donors (Lipinski definition) is 23. The lowest BCUT2D eigenvalue weighted by molar-refractivity contribution is -0.142. The largest absolute Gasteiger partial charge is 0.480 e. The van der Waals surface area contributed by atoms with E-state index in [4.69, 9.17) is 22.9 Å². The van der Waals surface area contributed by atoms with Gasteiger partial charge >= 0.3 is 5.97 Å². The van der Waals surface area contributed by atoms with Crippen LogP contribution in [0.15, 0.2) is 100 Å². The summed E-state index contributed by atoms with van der Waals surface area (Å²) in [5, 5.41) is 37.1. The number of aromatic nitrogens is 16.